The molecule has 3 rings (SSSR count). The lowest BCUT2D eigenvalue weighted by Crippen LogP contribution is -2.13. The predicted octanol–water partition coefficient (Wildman–Crippen LogP) is 3.85. The van der Waals surface area contributed by atoms with E-state index in [4.69, 9.17) is 15.2 Å². The van der Waals surface area contributed by atoms with E-state index in [-0.39, 0.29) is 6.04 Å². The highest BCUT2D eigenvalue weighted by atomic mass is 79.9. The van der Waals surface area contributed by atoms with E-state index in [9.17, 15) is 0 Å². The van der Waals surface area contributed by atoms with E-state index in [0.717, 1.165) is 34.4 Å². The van der Waals surface area contributed by atoms with Gasteiger partial charge in [-0.15, -0.1) is 0 Å². The van der Waals surface area contributed by atoms with Crippen LogP contribution in [-0.4, -0.2) is 13.2 Å². The summed E-state index contributed by atoms with van der Waals surface area (Å²) in [5, 5.41) is 0. The summed E-state index contributed by atoms with van der Waals surface area (Å²) >= 11 is 3.57. The largest absolute Gasteiger partial charge is 0.490 e. The Kier molecular flexibility index (Phi) is 4.46. The molecule has 0 aromatic heterocycles. The van der Waals surface area contributed by atoms with Crippen molar-refractivity contribution in [2.24, 2.45) is 5.73 Å². The number of hydrogen-bond donors (Lipinski definition) is 1. The molecule has 0 saturated heterocycles. The fourth-order valence-corrected chi connectivity index (χ4v) is 2.88. The second kappa shape index (κ2) is 6.50. The highest BCUT2D eigenvalue weighted by Crippen LogP contribution is 2.33. The Hall–Kier alpha value is -1.52. The van der Waals surface area contributed by atoms with Crippen molar-refractivity contribution in [1.29, 1.82) is 0 Å². The van der Waals surface area contributed by atoms with Gasteiger partial charge in [-0.2, -0.15) is 0 Å². The van der Waals surface area contributed by atoms with Gasteiger partial charge < -0.3 is 15.2 Å². The summed E-state index contributed by atoms with van der Waals surface area (Å²) in [5.74, 6) is 1.61. The third-order valence-corrected chi connectivity index (χ3v) is 4.37. The number of ether oxygens (including phenoxy) is 2. The topological polar surface area (TPSA) is 44.5 Å². The van der Waals surface area contributed by atoms with Crippen molar-refractivity contribution in [2.75, 3.05) is 13.2 Å². The molecule has 2 aromatic rings. The first-order chi connectivity index (χ1) is 10.2. The second-order valence-corrected chi connectivity index (χ2v) is 6.01. The second-order valence-electron chi connectivity index (χ2n) is 5.16. The molecule has 0 amide bonds. The minimum Gasteiger partial charge on any atom is -0.490 e. The van der Waals surface area contributed by atoms with Crippen LogP contribution in [0.3, 0.4) is 0 Å². The molecule has 0 spiro atoms. The minimum absolute atomic E-state index is 0.0687. The Morgan fingerprint density at radius 1 is 1.05 bits per heavy atom. The zero-order valence-corrected chi connectivity index (χ0v) is 13.3. The SMILES string of the molecule is NC(Cc1ccccc1Br)c1ccc2c(c1)OCCCO2. The molecule has 1 aliphatic rings. The third kappa shape index (κ3) is 3.39. The van der Waals surface area contributed by atoms with Crippen LogP contribution < -0.4 is 15.2 Å². The van der Waals surface area contributed by atoms with E-state index in [0.29, 0.717) is 13.2 Å². The Balaban J connectivity index is 1.80. The van der Waals surface area contributed by atoms with Gasteiger partial charge in [0.2, 0.25) is 0 Å². The van der Waals surface area contributed by atoms with Gasteiger partial charge in [-0.3, -0.25) is 0 Å². The van der Waals surface area contributed by atoms with Crippen molar-refractivity contribution in [1.82, 2.24) is 0 Å². The lowest BCUT2D eigenvalue weighted by Gasteiger charge is -2.15. The number of halogens is 1. The lowest BCUT2D eigenvalue weighted by molar-refractivity contribution is 0.297. The maximum atomic E-state index is 6.35. The zero-order valence-electron chi connectivity index (χ0n) is 11.7. The van der Waals surface area contributed by atoms with Gasteiger partial charge in [0.1, 0.15) is 0 Å². The monoisotopic (exact) mass is 347 g/mol. The van der Waals surface area contributed by atoms with Crippen molar-refractivity contribution in [3.8, 4) is 11.5 Å². The Morgan fingerprint density at radius 2 is 1.81 bits per heavy atom. The molecule has 1 unspecified atom stereocenters. The van der Waals surface area contributed by atoms with E-state index >= 15 is 0 Å². The molecule has 21 heavy (non-hydrogen) atoms. The van der Waals surface area contributed by atoms with Crippen molar-refractivity contribution < 1.29 is 9.47 Å². The summed E-state index contributed by atoms with van der Waals surface area (Å²) in [6.07, 6.45) is 1.69. The number of hydrogen-bond acceptors (Lipinski definition) is 3. The van der Waals surface area contributed by atoms with Crippen molar-refractivity contribution in [3.63, 3.8) is 0 Å². The van der Waals surface area contributed by atoms with E-state index in [1.54, 1.807) is 0 Å². The Labute approximate surface area is 133 Å². The van der Waals surface area contributed by atoms with Gasteiger partial charge in [0.25, 0.3) is 0 Å². The fourth-order valence-electron chi connectivity index (χ4n) is 2.43. The Morgan fingerprint density at radius 3 is 2.62 bits per heavy atom. The van der Waals surface area contributed by atoms with Gasteiger partial charge >= 0.3 is 0 Å². The van der Waals surface area contributed by atoms with E-state index < -0.39 is 0 Å². The number of rotatable bonds is 3. The summed E-state index contributed by atoms with van der Waals surface area (Å²) < 4.78 is 12.5. The van der Waals surface area contributed by atoms with Crippen LogP contribution in [0.5, 0.6) is 11.5 Å². The van der Waals surface area contributed by atoms with Gasteiger partial charge in [0.15, 0.2) is 11.5 Å². The van der Waals surface area contributed by atoms with Crippen LogP contribution in [-0.2, 0) is 6.42 Å². The molecule has 0 bridgehead atoms. The zero-order chi connectivity index (χ0) is 14.7. The number of fused-ring (bicyclic) bond motifs is 1. The van der Waals surface area contributed by atoms with E-state index in [1.165, 1.54) is 5.56 Å². The van der Waals surface area contributed by atoms with E-state index in [1.807, 2.05) is 36.4 Å². The average molecular weight is 348 g/mol. The molecule has 0 saturated carbocycles. The van der Waals surface area contributed by atoms with Crippen molar-refractivity contribution >= 4 is 15.9 Å². The molecule has 1 aliphatic heterocycles. The molecule has 0 aliphatic carbocycles. The number of nitrogens with two attached hydrogens (primary N) is 1. The molecule has 0 radical (unpaired) electrons. The summed E-state index contributed by atoms with van der Waals surface area (Å²) in [5.41, 5.74) is 8.62. The highest BCUT2D eigenvalue weighted by Gasteiger charge is 2.15. The van der Waals surface area contributed by atoms with Gasteiger partial charge in [-0.05, 0) is 35.7 Å². The van der Waals surface area contributed by atoms with Crippen LogP contribution in [0.25, 0.3) is 0 Å². The lowest BCUT2D eigenvalue weighted by atomic mass is 9.99. The summed E-state index contributed by atoms with van der Waals surface area (Å²) in [4.78, 5) is 0. The molecule has 0 fully saturated rings. The summed E-state index contributed by atoms with van der Waals surface area (Å²) in [6.45, 7) is 1.39. The van der Waals surface area contributed by atoms with Crippen molar-refractivity contribution in [3.05, 3.63) is 58.1 Å². The van der Waals surface area contributed by atoms with Crippen molar-refractivity contribution in [2.45, 2.75) is 18.9 Å². The first-order valence-electron chi connectivity index (χ1n) is 7.12. The van der Waals surface area contributed by atoms with Crippen LogP contribution in [0.15, 0.2) is 46.9 Å². The standard InChI is InChI=1S/C17H18BrNO2/c18-14-5-2-1-4-12(14)10-15(19)13-6-7-16-17(11-13)21-9-3-8-20-16/h1-2,4-7,11,15H,3,8-10,19H2. The fraction of sp³-hybridized carbons (Fsp3) is 0.294. The molecule has 1 atom stereocenters. The minimum atomic E-state index is -0.0687. The maximum Gasteiger partial charge on any atom is 0.161 e. The molecule has 3 nitrogen and oxygen atoms in total. The van der Waals surface area contributed by atoms with Gasteiger partial charge in [0.05, 0.1) is 13.2 Å². The number of benzene rings is 2. The predicted molar refractivity (Wildman–Crippen MR) is 86.8 cm³/mol. The van der Waals surface area contributed by atoms with Gasteiger partial charge in [-0.1, -0.05) is 40.2 Å². The molecule has 2 N–H and O–H groups in total. The normalized spacial score (nSPS) is 15.3. The smallest absolute Gasteiger partial charge is 0.161 e. The first kappa shape index (κ1) is 14.4. The van der Waals surface area contributed by atoms with Crippen LogP contribution in [0.4, 0.5) is 0 Å². The molecule has 4 heteroatoms. The van der Waals surface area contributed by atoms with E-state index in [2.05, 4.69) is 22.0 Å². The third-order valence-electron chi connectivity index (χ3n) is 3.60. The van der Waals surface area contributed by atoms with Gasteiger partial charge in [0, 0.05) is 16.9 Å². The quantitative estimate of drug-likeness (QED) is 0.916. The molecule has 1 heterocycles. The highest BCUT2D eigenvalue weighted by molar-refractivity contribution is 9.10. The average Bonchev–Trinajstić information content (AvgIpc) is 2.74. The Bertz CT molecular complexity index is 630. The molecule has 110 valence electrons. The molecular weight excluding hydrogens is 330 g/mol. The molecule has 2 aromatic carbocycles. The van der Waals surface area contributed by atoms with Gasteiger partial charge in [-0.25, -0.2) is 0 Å². The maximum absolute atomic E-state index is 6.35. The summed E-state index contributed by atoms with van der Waals surface area (Å²) in [6, 6.07) is 14.1. The van der Waals surface area contributed by atoms with Crippen LogP contribution in [0, 0.1) is 0 Å². The first-order valence-corrected chi connectivity index (χ1v) is 7.92. The summed E-state index contributed by atoms with van der Waals surface area (Å²) in [7, 11) is 0. The van der Waals surface area contributed by atoms with Crippen LogP contribution in [0.1, 0.15) is 23.6 Å². The molecular formula is C17H18BrNO2. The van der Waals surface area contributed by atoms with Crippen LogP contribution >= 0.6 is 15.9 Å². The van der Waals surface area contributed by atoms with Crippen LogP contribution in [0.2, 0.25) is 0 Å².